The maximum absolute atomic E-state index is 5.93. The topological polar surface area (TPSA) is 63.0 Å². The minimum atomic E-state index is 0.581. The van der Waals surface area contributed by atoms with Crippen LogP contribution in [0.15, 0.2) is 42.5 Å². The largest absolute Gasteiger partial charge is 0.399 e. The molecule has 1 unspecified atom stereocenters. The summed E-state index contributed by atoms with van der Waals surface area (Å²) in [5.74, 6) is 0.581. The first-order chi connectivity index (χ1) is 12.8. The highest BCUT2D eigenvalue weighted by Crippen LogP contribution is 2.39. The molecule has 1 aromatic heterocycles. The minimum Gasteiger partial charge on any atom is -0.399 e. The van der Waals surface area contributed by atoms with Gasteiger partial charge < -0.3 is 16.4 Å². The van der Waals surface area contributed by atoms with Gasteiger partial charge in [0.15, 0.2) is 5.13 Å². The molecule has 1 aliphatic carbocycles. The van der Waals surface area contributed by atoms with E-state index in [4.69, 9.17) is 10.7 Å². The molecule has 2 aromatic carbocycles. The van der Waals surface area contributed by atoms with E-state index in [9.17, 15) is 0 Å². The second-order valence-electron chi connectivity index (χ2n) is 7.09. The number of aromatic nitrogens is 1. The lowest BCUT2D eigenvalue weighted by Gasteiger charge is -2.14. The van der Waals surface area contributed by atoms with Crippen molar-refractivity contribution >= 4 is 27.8 Å². The summed E-state index contributed by atoms with van der Waals surface area (Å²) >= 11 is 1.80. The van der Waals surface area contributed by atoms with E-state index >= 15 is 0 Å². The van der Waals surface area contributed by atoms with E-state index in [1.165, 1.54) is 27.3 Å². The van der Waals surface area contributed by atoms with E-state index in [1.54, 1.807) is 11.3 Å². The molecule has 1 atom stereocenters. The summed E-state index contributed by atoms with van der Waals surface area (Å²) in [4.78, 5) is 6.27. The van der Waals surface area contributed by atoms with Gasteiger partial charge in [0.25, 0.3) is 0 Å². The molecule has 5 rings (SSSR count). The van der Waals surface area contributed by atoms with E-state index in [0.29, 0.717) is 5.92 Å². The Balaban J connectivity index is 1.28. The fraction of sp³-hybridized carbons (Fsp3) is 0.286. The molecule has 0 saturated heterocycles. The number of rotatable bonds is 4. The number of benzene rings is 2. The molecule has 0 bridgehead atoms. The molecule has 0 amide bonds. The van der Waals surface area contributed by atoms with Crippen molar-refractivity contribution in [1.82, 2.24) is 4.98 Å². The van der Waals surface area contributed by atoms with Gasteiger partial charge in [-0.05, 0) is 48.6 Å². The highest BCUT2D eigenvalue weighted by Gasteiger charge is 2.23. The Morgan fingerprint density at radius 1 is 1.19 bits per heavy atom. The van der Waals surface area contributed by atoms with E-state index < -0.39 is 0 Å². The van der Waals surface area contributed by atoms with Crippen LogP contribution >= 0.6 is 11.3 Å². The highest BCUT2D eigenvalue weighted by atomic mass is 32.1. The molecule has 5 heteroatoms. The summed E-state index contributed by atoms with van der Waals surface area (Å²) in [5, 5.41) is 8.10. The fourth-order valence-corrected chi connectivity index (χ4v) is 5.08. The van der Waals surface area contributed by atoms with Crippen molar-refractivity contribution in [2.45, 2.75) is 25.2 Å². The van der Waals surface area contributed by atoms with Crippen LogP contribution in [-0.4, -0.2) is 18.1 Å². The number of anilines is 3. The van der Waals surface area contributed by atoms with Gasteiger partial charge in [-0.1, -0.05) is 24.3 Å². The lowest BCUT2D eigenvalue weighted by molar-refractivity contribution is 0.701. The van der Waals surface area contributed by atoms with Crippen molar-refractivity contribution in [3.8, 4) is 11.3 Å². The van der Waals surface area contributed by atoms with Crippen molar-refractivity contribution in [3.63, 3.8) is 0 Å². The first-order valence-electron chi connectivity index (χ1n) is 9.23. The normalized spacial score (nSPS) is 17.2. The number of nitrogens with two attached hydrogens (primary N) is 1. The molecule has 2 heterocycles. The van der Waals surface area contributed by atoms with Gasteiger partial charge in [-0.2, -0.15) is 0 Å². The van der Waals surface area contributed by atoms with Gasteiger partial charge in [0.05, 0.1) is 5.69 Å². The van der Waals surface area contributed by atoms with Gasteiger partial charge in [-0.15, -0.1) is 11.3 Å². The molecule has 26 heavy (non-hydrogen) atoms. The summed E-state index contributed by atoms with van der Waals surface area (Å²) in [6, 6.07) is 14.8. The zero-order valence-electron chi connectivity index (χ0n) is 14.6. The molecule has 0 spiro atoms. The number of thiazole rings is 1. The van der Waals surface area contributed by atoms with Gasteiger partial charge in [-0.25, -0.2) is 4.98 Å². The number of nitrogen functional groups attached to an aromatic ring is 1. The van der Waals surface area contributed by atoms with Crippen LogP contribution in [0, 0.1) is 0 Å². The number of aryl methyl sites for hydroxylation is 2. The second-order valence-corrected chi connectivity index (χ2v) is 8.17. The van der Waals surface area contributed by atoms with Gasteiger partial charge in [0, 0.05) is 40.8 Å². The van der Waals surface area contributed by atoms with Crippen molar-refractivity contribution in [3.05, 3.63) is 58.5 Å². The predicted molar refractivity (Wildman–Crippen MR) is 110 cm³/mol. The van der Waals surface area contributed by atoms with Crippen LogP contribution in [0.3, 0.4) is 0 Å². The maximum Gasteiger partial charge on any atom is 0.183 e. The van der Waals surface area contributed by atoms with Crippen LogP contribution in [0.4, 0.5) is 16.5 Å². The van der Waals surface area contributed by atoms with E-state index in [0.717, 1.165) is 48.9 Å². The molecule has 4 nitrogen and oxygen atoms in total. The summed E-state index contributed by atoms with van der Waals surface area (Å²) in [7, 11) is 0. The smallest absolute Gasteiger partial charge is 0.183 e. The summed E-state index contributed by atoms with van der Waals surface area (Å²) in [5.41, 5.74) is 13.2. The van der Waals surface area contributed by atoms with Crippen LogP contribution in [0.25, 0.3) is 11.3 Å². The Bertz CT molecular complexity index is 962. The van der Waals surface area contributed by atoms with Crippen molar-refractivity contribution < 1.29 is 0 Å². The van der Waals surface area contributed by atoms with E-state index in [-0.39, 0.29) is 0 Å². The number of nitrogens with one attached hydrogen (secondary N) is 2. The Morgan fingerprint density at radius 3 is 3.08 bits per heavy atom. The molecule has 2 aliphatic rings. The van der Waals surface area contributed by atoms with Crippen LogP contribution in [-0.2, 0) is 12.8 Å². The Morgan fingerprint density at radius 2 is 2.12 bits per heavy atom. The highest BCUT2D eigenvalue weighted by molar-refractivity contribution is 7.16. The Kier molecular flexibility index (Phi) is 3.82. The quantitative estimate of drug-likeness (QED) is 0.598. The summed E-state index contributed by atoms with van der Waals surface area (Å²) in [6.07, 6.45) is 3.23. The predicted octanol–water partition coefficient (Wildman–Crippen LogP) is 4.50. The fourth-order valence-electron chi connectivity index (χ4n) is 4.07. The number of hydrogen-bond acceptors (Lipinski definition) is 5. The van der Waals surface area contributed by atoms with Crippen LogP contribution < -0.4 is 16.4 Å². The standard InChI is InChI=1S/C21H22N4S/c22-15-6-7-17-13(11-15)5-8-19-20(17)25-21(26-19)23-10-9-14-12-24-18-4-2-1-3-16(14)18/h1-4,6-7,11,14,24H,5,8-10,12,22H2,(H,23,25). The lowest BCUT2D eigenvalue weighted by Crippen LogP contribution is -2.09. The molecule has 0 fully saturated rings. The Hall–Kier alpha value is -2.53. The first-order valence-corrected chi connectivity index (χ1v) is 10.0. The molecular weight excluding hydrogens is 340 g/mol. The number of fused-ring (bicyclic) bond motifs is 4. The third kappa shape index (κ3) is 2.72. The van der Waals surface area contributed by atoms with Crippen molar-refractivity contribution in [2.24, 2.45) is 0 Å². The number of hydrogen-bond donors (Lipinski definition) is 3. The summed E-state index contributed by atoms with van der Waals surface area (Å²) in [6.45, 7) is 1.98. The average Bonchev–Trinajstić information content (AvgIpc) is 3.26. The molecule has 3 aromatic rings. The van der Waals surface area contributed by atoms with Crippen LogP contribution in [0.2, 0.25) is 0 Å². The van der Waals surface area contributed by atoms with Gasteiger partial charge in [0.1, 0.15) is 0 Å². The van der Waals surface area contributed by atoms with E-state index in [2.05, 4.69) is 47.0 Å². The van der Waals surface area contributed by atoms with Gasteiger partial charge >= 0.3 is 0 Å². The molecule has 0 saturated carbocycles. The molecule has 1 aliphatic heterocycles. The van der Waals surface area contributed by atoms with Gasteiger partial charge in [0.2, 0.25) is 0 Å². The van der Waals surface area contributed by atoms with Crippen molar-refractivity contribution in [1.29, 1.82) is 0 Å². The zero-order chi connectivity index (χ0) is 17.5. The summed E-state index contributed by atoms with van der Waals surface area (Å²) < 4.78 is 0. The third-order valence-corrected chi connectivity index (χ3v) is 6.48. The third-order valence-electron chi connectivity index (χ3n) is 5.41. The number of para-hydroxylation sites is 1. The monoisotopic (exact) mass is 362 g/mol. The van der Waals surface area contributed by atoms with Crippen molar-refractivity contribution in [2.75, 3.05) is 29.5 Å². The number of nitrogens with zero attached hydrogens (tertiary/aromatic N) is 1. The Labute approximate surface area is 157 Å². The lowest BCUT2D eigenvalue weighted by atomic mass is 9.93. The van der Waals surface area contributed by atoms with Crippen LogP contribution in [0.5, 0.6) is 0 Å². The second kappa shape index (κ2) is 6.32. The first kappa shape index (κ1) is 15.7. The molecule has 4 N–H and O–H groups in total. The molecule has 132 valence electrons. The van der Waals surface area contributed by atoms with Crippen LogP contribution in [0.1, 0.15) is 28.3 Å². The SMILES string of the molecule is Nc1ccc2c(c1)CCc1sc(NCCC3CNc4ccccc43)nc1-2. The molecular formula is C21H22N4S. The minimum absolute atomic E-state index is 0.581. The van der Waals surface area contributed by atoms with E-state index in [1.807, 2.05) is 6.07 Å². The molecule has 0 radical (unpaired) electrons. The maximum atomic E-state index is 5.93. The average molecular weight is 363 g/mol. The van der Waals surface area contributed by atoms with Gasteiger partial charge in [-0.3, -0.25) is 0 Å². The zero-order valence-corrected chi connectivity index (χ0v) is 15.4.